The van der Waals surface area contributed by atoms with Crippen molar-refractivity contribution in [1.82, 2.24) is 5.32 Å². The molecule has 1 spiro atoms. The van der Waals surface area contributed by atoms with Crippen LogP contribution in [0.25, 0.3) is 0 Å². The fraction of sp³-hybridized carbons (Fsp3) is 1.00. The molecule has 3 nitrogen and oxygen atoms in total. The van der Waals surface area contributed by atoms with E-state index in [1.807, 2.05) is 0 Å². The minimum absolute atomic E-state index is 0.236. The van der Waals surface area contributed by atoms with Crippen LogP contribution in [0.1, 0.15) is 46.5 Å². The lowest BCUT2D eigenvalue weighted by atomic mass is 9.76. The molecule has 17 heavy (non-hydrogen) atoms. The molecular weight excluding hydrogens is 214 g/mol. The van der Waals surface area contributed by atoms with Crippen LogP contribution < -0.4 is 5.32 Å². The van der Waals surface area contributed by atoms with Gasteiger partial charge in [0.1, 0.15) is 0 Å². The van der Waals surface area contributed by atoms with E-state index in [2.05, 4.69) is 26.1 Å². The summed E-state index contributed by atoms with van der Waals surface area (Å²) in [5.41, 5.74) is 0.270. The SMILES string of the molecule is CC1CCCC2(COC(COC(C)C)CN2)C1. The Hall–Kier alpha value is -0.120. The number of nitrogens with one attached hydrogen (secondary N) is 1. The molecule has 1 aliphatic carbocycles. The fourth-order valence-electron chi connectivity index (χ4n) is 3.08. The molecule has 0 aromatic rings. The van der Waals surface area contributed by atoms with Crippen molar-refractivity contribution in [3.63, 3.8) is 0 Å². The van der Waals surface area contributed by atoms with Crippen molar-refractivity contribution in [1.29, 1.82) is 0 Å². The lowest BCUT2D eigenvalue weighted by Crippen LogP contribution is -2.59. The highest BCUT2D eigenvalue weighted by molar-refractivity contribution is 4.96. The van der Waals surface area contributed by atoms with Crippen LogP contribution in [0.15, 0.2) is 0 Å². The van der Waals surface area contributed by atoms with E-state index in [0.29, 0.717) is 6.10 Å². The third kappa shape index (κ3) is 3.67. The van der Waals surface area contributed by atoms with Gasteiger partial charge in [0.05, 0.1) is 25.4 Å². The second-order valence-corrected chi connectivity index (χ2v) is 6.18. The van der Waals surface area contributed by atoms with Gasteiger partial charge < -0.3 is 14.8 Å². The van der Waals surface area contributed by atoms with Crippen molar-refractivity contribution >= 4 is 0 Å². The van der Waals surface area contributed by atoms with Gasteiger partial charge in [-0.1, -0.05) is 19.8 Å². The predicted molar refractivity (Wildman–Crippen MR) is 69.2 cm³/mol. The molecule has 3 atom stereocenters. The lowest BCUT2D eigenvalue weighted by Gasteiger charge is -2.45. The molecule has 1 aliphatic heterocycles. The van der Waals surface area contributed by atoms with Gasteiger partial charge in [-0.2, -0.15) is 0 Å². The summed E-state index contributed by atoms with van der Waals surface area (Å²) in [4.78, 5) is 0. The smallest absolute Gasteiger partial charge is 0.0933 e. The van der Waals surface area contributed by atoms with Crippen LogP contribution in [0.5, 0.6) is 0 Å². The molecule has 2 aliphatic rings. The van der Waals surface area contributed by atoms with Crippen molar-refractivity contribution in [2.24, 2.45) is 5.92 Å². The average molecular weight is 241 g/mol. The second-order valence-electron chi connectivity index (χ2n) is 6.18. The molecule has 0 amide bonds. The first kappa shape index (κ1) is 13.3. The molecule has 2 fully saturated rings. The van der Waals surface area contributed by atoms with E-state index >= 15 is 0 Å². The molecular formula is C14H27NO2. The van der Waals surface area contributed by atoms with E-state index in [4.69, 9.17) is 9.47 Å². The highest BCUT2D eigenvalue weighted by atomic mass is 16.5. The molecule has 2 rings (SSSR count). The third-order valence-electron chi connectivity index (χ3n) is 4.01. The van der Waals surface area contributed by atoms with Gasteiger partial charge in [-0.15, -0.1) is 0 Å². The zero-order valence-corrected chi connectivity index (χ0v) is 11.5. The van der Waals surface area contributed by atoms with Crippen LogP contribution in [0.3, 0.4) is 0 Å². The molecule has 0 bridgehead atoms. The maximum absolute atomic E-state index is 5.98. The molecule has 0 aromatic carbocycles. The van der Waals surface area contributed by atoms with Crippen molar-refractivity contribution in [3.8, 4) is 0 Å². The van der Waals surface area contributed by atoms with Crippen LogP contribution >= 0.6 is 0 Å². The first-order valence-electron chi connectivity index (χ1n) is 7.08. The highest BCUT2D eigenvalue weighted by Crippen LogP contribution is 2.34. The van der Waals surface area contributed by atoms with Crippen LogP contribution in [0.2, 0.25) is 0 Å². The Labute approximate surface area is 105 Å². The Morgan fingerprint density at radius 1 is 1.47 bits per heavy atom. The summed E-state index contributed by atoms with van der Waals surface area (Å²) in [7, 11) is 0. The zero-order valence-electron chi connectivity index (χ0n) is 11.5. The molecule has 1 heterocycles. The summed E-state index contributed by atoms with van der Waals surface area (Å²) in [6.45, 7) is 9.02. The minimum Gasteiger partial charge on any atom is -0.376 e. The van der Waals surface area contributed by atoms with Crippen LogP contribution in [-0.4, -0.2) is 37.5 Å². The molecule has 100 valence electrons. The van der Waals surface area contributed by atoms with Gasteiger partial charge in [0.15, 0.2) is 0 Å². The van der Waals surface area contributed by atoms with Gasteiger partial charge in [0, 0.05) is 12.1 Å². The topological polar surface area (TPSA) is 30.5 Å². The maximum Gasteiger partial charge on any atom is 0.0933 e. The quantitative estimate of drug-likeness (QED) is 0.822. The average Bonchev–Trinajstić information content (AvgIpc) is 2.28. The largest absolute Gasteiger partial charge is 0.376 e. The standard InChI is InChI=1S/C14H27NO2/c1-11(2)16-9-13-8-15-14(10-17-13)6-4-5-12(3)7-14/h11-13,15H,4-10H2,1-3H3. The Kier molecular flexibility index (Phi) is 4.45. The normalized spacial score (nSPS) is 38.8. The van der Waals surface area contributed by atoms with E-state index < -0.39 is 0 Å². The van der Waals surface area contributed by atoms with E-state index in [9.17, 15) is 0 Å². The van der Waals surface area contributed by atoms with Crippen molar-refractivity contribution in [2.75, 3.05) is 19.8 Å². The van der Waals surface area contributed by atoms with Crippen LogP contribution in [-0.2, 0) is 9.47 Å². The molecule has 0 aromatic heterocycles. The second kappa shape index (κ2) is 5.68. The van der Waals surface area contributed by atoms with Crippen molar-refractivity contribution < 1.29 is 9.47 Å². The number of rotatable bonds is 3. The Bertz CT molecular complexity index is 234. The summed E-state index contributed by atoms with van der Waals surface area (Å²) in [6.07, 6.45) is 5.79. The molecule has 0 radical (unpaired) electrons. The van der Waals surface area contributed by atoms with Gasteiger partial charge in [0.2, 0.25) is 0 Å². The van der Waals surface area contributed by atoms with Crippen LogP contribution in [0, 0.1) is 5.92 Å². The lowest BCUT2D eigenvalue weighted by molar-refractivity contribution is -0.0908. The summed E-state index contributed by atoms with van der Waals surface area (Å²) in [5.74, 6) is 0.836. The molecule has 1 N–H and O–H groups in total. The monoisotopic (exact) mass is 241 g/mol. The number of ether oxygens (including phenoxy) is 2. The van der Waals surface area contributed by atoms with Gasteiger partial charge in [-0.05, 0) is 32.6 Å². The van der Waals surface area contributed by atoms with Crippen LogP contribution in [0.4, 0.5) is 0 Å². The summed E-state index contributed by atoms with van der Waals surface area (Å²) < 4.78 is 11.6. The van der Waals surface area contributed by atoms with Gasteiger partial charge in [-0.25, -0.2) is 0 Å². The highest BCUT2D eigenvalue weighted by Gasteiger charge is 2.38. The molecule has 3 heteroatoms. The number of hydrogen-bond donors (Lipinski definition) is 1. The van der Waals surface area contributed by atoms with E-state index in [1.54, 1.807) is 0 Å². The molecule has 1 saturated carbocycles. The summed E-state index contributed by atoms with van der Waals surface area (Å²) in [6, 6.07) is 0. The van der Waals surface area contributed by atoms with E-state index in [-0.39, 0.29) is 11.6 Å². The minimum atomic E-state index is 0.236. The third-order valence-corrected chi connectivity index (χ3v) is 4.01. The Morgan fingerprint density at radius 3 is 2.88 bits per heavy atom. The first-order valence-corrected chi connectivity index (χ1v) is 7.08. The maximum atomic E-state index is 5.98. The number of hydrogen-bond acceptors (Lipinski definition) is 3. The van der Waals surface area contributed by atoms with Gasteiger partial charge in [-0.3, -0.25) is 0 Å². The van der Waals surface area contributed by atoms with Gasteiger partial charge >= 0.3 is 0 Å². The Morgan fingerprint density at radius 2 is 2.29 bits per heavy atom. The van der Waals surface area contributed by atoms with Crippen molar-refractivity contribution in [2.45, 2.75) is 64.2 Å². The summed E-state index contributed by atoms with van der Waals surface area (Å²) >= 11 is 0. The molecule has 1 saturated heterocycles. The van der Waals surface area contributed by atoms with Crippen molar-refractivity contribution in [3.05, 3.63) is 0 Å². The molecule has 3 unspecified atom stereocenters. The van der Waals surface area contributed by atoms with E-state index in [0.717, 1.165) is 25.7 Å². The number of morpholine rings is 1. The van der Waals surface area contributed by atoms with E-state index in [1.165, 1.54) is 25.7 Å². The Balaban J connectivity index is 1.77. The zero-order chi connectivity index (χ0) is 12.3. The predicted octanol–water partition coefficient (Wildman–Crippen LogP) is 2.35. The fourth-order valence-corrected chi connectivity index (χ4v) is 3.08. The first-order chi connectivity index (χ1) is 8.10. The van der Waals surface area contributed by atoms with Gasteiger partial charge in [0.25, 0.3) is 0 Å². The summed E-state index contributed by atoms with van der Waals surface area (Å²) in [5, 5.41) is 3.73.